The normalized spacial score (nSPS) is 16.5. The van der Waals surface area contributed by atoms with Gasteiger partial charge in [0.25, 0.3) is 0 Å². The summed E-state index contributed by atoms with van der Waals surface area (Å²) in [5, 5.41) is 14.6. The van der Waals surface area contributed by atoms with Crippen molar-refractivity contribution in [3.63, 3.8) is 0 Å². The number of carboxylic acids is 1. The lowest BCUT2D eigenvalue weighted by atomic mass is 9.66. The first-order chi connectivity index (χ1) is 16.4. The maximum Gasteiger partial charge on any atom is 0.407 e. The zero-order chi connectivity index (χ0) is 24.1. The van der Waals surface area contributed by atoms with Gasteiger partial charge in [0.2, 0.25) is 5.91 Å². The summed E-state index contributed by atoms with van der Waals surface area (Å²) in [6, 6.07) is 16.4. The van der Waals surface area contributed by atoms with Crippen LogP contribution in [0.25, 0.3) is 11.1 Å². The molecule has 2 aromatic rings. The summed E-state index contributed by atoms with van der Waals surface area (Å²) in [5.74, 6) is -1.09. The molecule has 2 aliphatic carbocycles. The summed E-state index contributed by atoms with van der Waals surface area (Å²) in [6.45, 7) is 2.78. The number of carbonyl (C=O) groups is 3. The third kappa shape index (κ3) is 5.41. The van der Waals surface area contributed by atoms with Crippen molar-refractivity contribution in [3.05, 3.63) is 59.7 Å². The van der Waals surface area contributed by atoms with Gasteiger partial charge in [-0.15, -0.1) is 0 Å². The summed E-state index contributed by atoms with van der Waals surface area (Å²) >= 11 is 0. The van der Waals surface area contributed by atoms with Gasteiger partial charge in [0.1, 0.15) is 6.61 Å². The van der Waals surface area contributed by atoms with Crippen molar-refractivity contribution in [1.82, 2.24) is 10.6 Å². The van der Waals surface area contributed by atoms with Gasteiger partial charge in [-0.05, 0) is 46.4 Å². The van der Waals surface area contributed by atoms with E-state index in [0.717, 1.165) is 19.3 Å². The second kappa shape index (κ2) is 10.3. The Morgan fingerprint density at radius 1 is 1.03 bits per heavy atom. The third-order valence-electron chi connectivity index (χ3n) is 7.07. The number of aliphatic carboxylic acids is 1. The van der Waals surface area contributed by atoms with Gasteiger partial charge in [-0.3, -0.25) is 9.59 Å². The molecule has 2 aliphatic rings. The van der Waals surface area contributed by atoms with Gasteiger partial charge < -0.3 is 20.5 Å². The molecule has 3 N–H and O–H groups in total. The summed E-state index contributed by atoms with van der Waals surface area (Å²) < 4.78 is 5.62. The molecule has 180 valence electrons. The van der Waals surface area contributed by atoms with Crippen LogP contribution >= 0.6 is 0 Å². The fourth-order valence-electron chi connectivity index (χ4n) is 5.06. The summed E-state index contributed by atoms with van der Waals surface area (Å²) in [7, 11) is 0. The van der Waals surface area contributed by atoms with E-state index >= 15 is 0 Å². The van der Waals surface area contributed by atoms with Gasteiger partial charge in [0, 0.05) is 31.8 Å². The molecule has 0 saturated heterocycles. The molecule has 34 heavy (non-hydrogen) atoms. The van der Waals surface area contributed by atoms with Crippen molar-refractivity contribution in [2.24, 2.45) is 11.3 Å². The largest absolute Gasteiger partial charge is 0.481 e. The van der Waals surface area contributed by atoms with E-state index in [1.807, 2.05) is 24.3 Å². The molecule has 2 amide bonds. The van der Waals surface area contributed by atoms with Crippen molar-refractivity contribution in [3.8, 4) is 11.1 Å². The third-order valence-corrected chi connectivity index (χ3v) is 7.07. The van der Waals surface area contributed by atoms with Crippen LogP contribution in [-0.4, -0.2) is 42.8 Å². The Kier molecular flexibility index (Phi) is 7.20. The van der Waals surface area contributed by atoms with Crippen LogP contribution in [0, 0.1) is 11.3 Å². The number of hydrogen-bond donors (Lipinski definition) is 3. The van der Waals surface area contributed by atoms with E-state index in [0.29, 0.717) is 19.5 Å². The second-order valence-corrected chi connectivity index (χ2v) is 9.72. The first-order valence-corrected chi connectivity index (χ1v) is 11.9. The first-order valence-electron chi connectivity index (χ1n) is 11.9. The highest BCUT2D eigenvalue weighted by atomic mass is 16.5. The number of carbonyl (C=O) groups excluding carboxylic acids is 2. The van der Waals surface area contributed by atoms with Crippen molar-refractivity contribution in [2.75, 3.05) is 19.7 Å². The average molecular weight is 465 g/mol. The Morgan fingerprint density at radius 3 is 2.21 bits per heavy atom. The number of nitrogens with one attached hydrogen (secondary N) is 2. The van der Waals surface area contributed by atoms with Crippen LogP contribution in [0.2, 0.25) is 0 Å². The minimum absolute atomic E-state index is 0.00869. The molecule has 1 saturated carbocycles. The van der Waals surface area contributed by atoms with Crippen LogP contribution < -0.4 is 10.6 Å². The molecule has 1 atom stereocenters. The number of ether oxygens (including phenoxy) is 1. The van der Waals surface area contributed by atoms with Crippen LogP contribution in [0.5, 0.6) is 0 Å². The monoisotopic (exact) mass is 464 g/mol. The quantitative estimate of drug-likeness (QED) is 0.486. The number of hydrogen-bond acceptors (Lipinski definition) is 4. The van der Waals surface area contributed by atoms with Gasteiger partial charge in [-0.2, -0.15) is 0 Å². The topological polar surface area (TPSA) is 105 Å². The molecule has 0 aromatic heterocycles. The molecule has 0 heterocycles. The standard InChI is InChI=1S/C27H32N2O5/c1-18(13-25(31)32)15-28-24(30)14-27(11-6-12-27)17-29-26(33)34-16-23-21-9-4-2-7-19(21)20-8-3-5-10-22(20)23/h2-5,7-10,18,23H,6,11-17H2,1H3,(H,28,30)(H,29,33)(H,31,32). The Hall–Kier alpha value is -3.35. The number of carboxylic acid groups (broad SMARTS) is 1. The summed E-state index contributed by atoms with van der Waals surface area (Å²) in [6.07, 6.45) is 2.63. The fraction of sp³-hybridized carbons (Fsp3) is 0.444. The van der Waals surface area contributed by atoms with Gasteiger partial charge in [-0.25, -0.2) is 4.79 Å². The molecule has 7 nitrogen and oxygen atoms in total. The Morgan fingerprint density at radius 2 is 1.65 bits per heavy atom. The minimum atomic E-state index is -0.871. The maximum absolute atomic E-state index is 12.5. The predicted octanol–water partition coefficient (Wildman–Crippen LogP) is 4.31. The van der Waals surface area contributed by atoms with Crippen LogP contribution in [0.4, 0.5) is 4.79 Å². The highest BCUT2D eigenvalue weighted by molar-refractivity contribution is 5.79. The van der Waals surface area contributed by atoms with Gasteiger partial charge >= 0.3 is 12.1 Å². The zero-order valence-corrected chi connectivity index (χ0v) is 19.5. The van der Waals surface area contributed by atoms with Gasteiger partial charge in [0.05, 0.1) is 0 Å². The van der Waals surface area contributed by atoms with E-state index in [1.54, 1.807) is 6.92 Å². The first kappa shape index (κ1) is 23.8. The number of rotatable bonds is 10. The van der Waals surface area contributed by atoms with Gasteiger partial charge in [-0.1, -0.05) is 61.9 Å². The summed E-state index contributed by atoms with van der Waals surface area (Å²) in [5.41, 5.74) is 4.45. The molecule has 2 aromatic carbocycles. The lowest BCUT2D eigenvalue weighted by Crippen LogP contribution is -2.46. The lowest BCUT2D eigenvalue weighted by molar-refractivity contribution is -0.138. The van der Waals surface area contributed by atoms with Crippen LogP contribution in [0.15, 0.2) is 48.5 Å². The van der Waals surface area contributed by atoms with Crippen molar-refractivity contribution >= 4 is 18.0 Å². The minimum Gasteiger partial charge on any atom is -0.481 e. The van der Waals surface area contributed by atoms with E-state index < -0.39 is 12.1 Å². The Bertz CT molecular complexity index is 1020. The van der Waals surface area contributed by atoms with Crippen molar-refractivity contribution in [2.45, 2.75) is 44.9 Å². The Labute approximate surface area is 199 Å². The molecule has 1 fully saturated rings. The van der Waals surface area contributed by atoms with Crippen LogP contribution in [0.1, 0.15) is 56.1 Å². The highest BCUT2D eigenvalue weighted by Gasteiger charge is 2.39. The van der Waals surface area contributed by atoms with E-state index in [1.165, 1.54) is 22.3 Å². The number of fused-ring (bicyclic) bond motifs is 3. The molecular formula is C27H32N2O5. The smallest absolute Gasteiger partial charge is 0.407 e. The molecule has 0 radical (unpaired) electrons. The van der Waals surface area contributed by atoms with Crippen LogP contribution in [-0.2, 0) is 14.3 Å². The van der Waals surface area contributed by atoms with E-state index in [9.17, 15) is 14.4 Å². The average Bonchev–Trinajstić information content (AvgIpc) is 3.11. The van der Waals surface area contributed by atoms with E-state index in [2.05, 4.69) is 34.9 Å². The number of alkyl carbamates (subject to hydrolysis) is 1. The van der Waals surface area contributed by atoms with Crippen molar-refractivity contribution in [1.29, 1.82) is 0 Å². The second-order valence-electron chi connectivity index (χ2n) is 9.72. The zero-order valence-electron chi connectivity index (χ0n) is 19.5. The molecule has 0 spiro atoms. The molecule has 0 aliphatic heterocycles. The molecule has 7 heteroatoms. The fourth-order valence-corrected chi connectivity index (χ4v) is 5.06. The lowest BCUT2D eigenvalue weighted by Gasteiger charge is -2.41. The number of amides is 2. The molecule has 1 unspecified atom stereocenters. The molecule has 4 rings (SSSR count). The molecule has 0 bridgehead atoms. The number of benzene rings is 2. The Balaban J connectivity index is 1.27. The SMILES string of the molecule is CC(CNC(=O)CC1(CNC(=O)OCC2c3ccccc3-c3ccccc32)CCC1)CC(=O)O. The summed E-state index contributed by atoms with van der Waals surface area (Å²) in [4.78, 5) is 35.7. The predicted molar refractivity (Wildman–Crippen MR) is 128 cm³/mol. The van der Waals surface area contributed by atoms with E-state index in [4.69, 9.17) is 9.84 Å². The van der Waals surface area contributed by atoms with Crippen molar-refractivity contribution < 1.29 is 24.2 Å². The maximum atomic E-state index is 12.5. The van der Waals surface area contributed by atoms with Gasteiger partial charge in [0.15, 0.2) is 0 Å². The molecular weight excluding hydrogens is 432 g/mol. The highest BCUT2D eigenvalue weighted by Crippen LogP contribution is 2.45. The van der Waals surface area contributed by atoms with Crippen LogP contribution in [0.3, 0.4) is 0 Å². The van der Waals surface area contributed by atoms with E-state index in [-0.39, 0.29) is 36.2 Å².